The van der Waals surface area contributed by atoms with Crippen molar-refractivity contribution < 1.29 is 0 Å². The number of aromatic nitrogens is 2. The molecule has 0 spiro atoms. The topological polar surface area (TPSA) is 25.8 Å². The van der Waals surface area contributed by atoms with Gasteiger partial charge in [-0.25, -0.2) is 9.97 Å². The van der Waals surface area contributed by atoms with Crippen molar-refractivity contribution in [1.29, 1.82) is 0 Å². The second kappa shape index (κ2) is 4.74. The van der Waals surface area contributed by atoms with Gasteiger partial charge in [0.15, 0.2) is 0 Å². The number of hydrogen-bond donors (Lipinski definition) is 0. The SMILES string of the molecule is Clc1ccnc(C2CCCCCC2)n1. The van der Waals surface area contributed by atoms with Gasteiger partial charge >= 0.3 is 0 Å². The van der Waals surface area contributed by atoms with Crippen LogP contribution in [0, 0.1) is 0 Å². The molecule has 2 nitrogen and oxygen atoms in total. The van der Waals surface area contributed by atoms with E-state index in [4.69, 9.17) is 11.6 Å². The van der Waals surface area contributed by atoms with E-state index in [1.807, 2.05) is 0 Å². The molecule has 0 bridgehead atoms. The second-order valence-electron chi connectivity index (χ2n) is 3.93. The van der Waals surface area contributed by atoms with Crippen LogP contribution < -0.4 is 0 Å². The van der Waals surface area contributed by atoms with Crippen molar-refractivity contribution in [2.24, 2.45) is 0 Å². The molecular weight excluding hydrogens is 196 g/mol. The van der Waals surface area contributed by atoms with Crippen LogP contribution in [0.2, 0.25) is 5.15 Å². The number of nitrogens with zero attached hydrogens (tertiary/aromatic N) is 2. The zero-order valence-electron chi connectivity index (χ0n) is 8.25. The lowest BCUT2D eigenvalue weighted by atomic mass is 10.00. The molecule has 1 saturated carbocycles. The fourth-order valence-corrected chi connectivity index (χ4v) is 2.23. The summed E-state index contributed by atoms with van der Waals surface area (Å²) >= 11 is 5.85. The minimum absolute atomic E-state index is 0.538. The minimum atomic E-state index is 0.538. The van der Waals surface area contributed by atoms with E-state index in [0.717, 1.165) is 5.82 Å². The monoisotopic (exact) mass is 210 g/mol. The maximum Gasteiger partial charge on any atom is 0.133 e. The van der Waals surface area contributed by atoms with E-state index in [1.54, 1.807) is 12.3 Å². The highest BCUT2D eigenvalue weighted by Crippen LogP contribution is 2.29. The molecule has 0 aromatic carbocycles. The highest BCUT2D eigenvalue weighted by Gasteiger charge is 2.16. The molecule has 0 unspecified atom stereocenters. The second-order valence-corrected chi connectivity index (χ2v) is 4.31. The Labute approximate surface area is 89.7 Å². The maximum atomic E-state index is 5.85. The summed E-state index contributed by atoms with van der Waals surface area (Å²) in [6, 6.07) is 1.74. The van der Waals surface area contributed by atoms with Gasteiger partial charge in [-0.05, 0) is 18.9 Å². The quantitative estimate of drug-likeness (QED) is 0.523. The van der Waals surface area contributed by atoms with Gasteiger partial charge in [0.05, 0.1) is 0 Å². The molecule has 14 heavy (non-hydrogen) atoms. The highest BCUT2D eigenvalue weighted by molar-refractivity contribution is 6.29. The van der Waals surface area contributed by atoms with Crippen molar-refractivity contribution in [2.75, 3.05) is 0 Å². The fourth-order valence-electron chi connectivity index (χ4n) is 2.08. The van der Waals surface area contributed by atoms with E-state index in [2.05, 4.69) is 9.97 Å². The van der Waals surface area contributed by atoms with Gasteiger partial charge in [0.2, 0.25) is 0 Å². The van der Waals surface area contributed by atoms with E-state index >= 15 is 0 Å². The molecule has 1 aromatic heterocycles. The molecule has 1 aromatic rings. The van der Waals surface area contributed by atoms with Crippen molar-refractivity contribution in [1.82, 2.24) is 9.97 Å². The van der Waals surface area contributed by atoms with Gasteiger partial charge in [-0.2, -0.15) is 0 Å². The van der Waals surface area contributed by atoms with Gasteiger partial charge in [0.1, 0.15) is 11.0 Å². The number of rotatable bonds is 1. The zero-order chi connectivity index (χ0) is 9.80. The first-order valence-corrected chi connectivity index (χ1v) is 5.72. The third-order valence-corrected chi connectivity index (χ3v) is 3.07. The van der Waals surface area contributed by atoms with Crippen LogP contribution in [-0.4, -0.2) is 9.97 Å². The number of hydrogen-bond acceptors (Lipinski definition) is 2. The van der Waals surface area contributed by atoms with Gasteiger partial charge < -0.3 is 0 Å². The Balaban J connectivity index is 2.12. The Bertz CT molecular complexity index is 293. The van der Waals surface area contributed by atoms with Crippen LogP contribution in [-0.2, 0) is 0 Å². The van der Waals surface area contributed by atoms with Gasteiger partial charge in [0, 0.05) is 12.1 Å². The summed E-state index contributed by atoms with van der Waals surface area (Å²) in [6.07, 6.45) is 9.53. The molecule has 0 N–H and O–H groups in total. The molecular formula is C11H15ClN2. The Kier molecular flexibility index (Phi) is 3.35. The molecule has 0 amide bonds. The summed E-state index contributed by atoms with van der Waals surface area (Å²) in [5.74, 6) is 1.48. The molecule has 0 saturated heterocycles. The molecule has 1 heterocycles. The molecule has 0 radical (unpaired) electrons. The summed E-state index contributed by atoms with van der Waals surface area (Å²) < 4.78 is 0. The van der Waals surface area contributed by atoms with E-state index in [9.17, 15) is 0 Å². The lowest BCUT2D eigenvalue weighted by molar-refractivity contribution is 0.560. The van der Waals surface area contributed by atoms with Crippen LogP contribution in [0.1, 0.15) is 50.3 Å². The summed E-state index contributed by atoms with van der Waals surface area (Å²) in [5.41, 5.74) is 0. The molecule has 0 aliphatic heterocycles. The van der Waals surface area contributed by atoms with Crippen LogP contribution in [0.4, 0.5) is 0 Å². The van der Waals surface area contributed by atoms with E-state index in [0.29, 0.717) is 11.1 Å². The van der Waals surface area contributed by atoms with Crippen LogP contribution in [0.15, 0.2) is 12.3 Å². The van der Waals surface area contributed by atoms with Crippen LogP contribution in [0.5, 0.6) is 0 Å². The largest absolute Gasteiger partial charge is 0.241 e. The van der Waals surface area contributed by atoms with E-state index < -0.39 is 0 Å². The van der Waals surface area contributed by atoms with Crippen molar-refractivity contribution in [3.05, 3.63) is 23.2 Å². The van der Waals surface area contributed by atoms with E-state index in [1.165, 1.54) is 38.5 Å². The third kappa shape index (κ3) is 2.44. The molecule has 1 fully saturated rings. The molecule has 1 aliphatic carbocycles. The predicted molar refractivity (Wildman–Crippen MR) is 57.5 cm³/mol. The summed E-state index contributed by atoms with van der Waals surface area (Å²) in [6.45, 7) is 0. The van der Waals surface area contributed by atoms with Crippen LogP contribution >= 0.6 is 11.6 Å². The molecule has 3 heteroatoms. The Morgan fingerprint density at radius 1 is 1.14 bits per heavy atom. The molecule has 0 atom stereocenters. The normalized spacial score (nSPS) is 19.2. The molecule has 76 valence electrons. The van der Waals surface area contributed by atoms with Gasteiger partial charge in [-0.15, -0.1) is 0 Å². The third-order valence-electron chi connectivity index (χ3n) is 2.86. The van der Waals surface area contributed by atoms with Crippen molar-refractivity contribution in [3.8, 4) is 0 Å². The van der Waals surface area contributed by atoms with Crippen molar-refractivity contribution in [2.45, 2.75) is 44.4 Å². The highest BCUT2D eigenvalue weighted by atomic mass is 35.5. The lowest BCUT2D eigenvalue weighted by Crippen LogP contribution is -2.03. The first-order valence-electron chi connectivity index (χ1n) is 5.35. The van der Waals surface area contributed by atoms with Crippen molar-refractivity contribution in [3.63, 3.8) is 0 Å². The van der Waals surface area contributed by atoms with Crippen LogP contribution in [0.25, 0.3) is 0 Å². The lowest BCUT2D eigenvalue weighted by Gasteiger charge is -2.11. The van der Waals surface area contributed by atoms with Gasteiger partial charge in [0.25, 0.3) is 0 Å². The smallest absolute Gasteiger partial charge is 0.133 e. The van der Waals surface area contributed by atoms with Gasteiger partial charge in [-0.1, -0.05) is 37.3 Å². The Morgan fingerprint density at radius 2 is 1.86 bits per heavy atom. The summed E-state index contributed by atoms with van der Waals surface area (Å²) in [7, 11) is 0. The average molecular weight is 211 g/mol. The molecule has 2 rings (SSSR count). The molecule has 1 aliphatic rings. The number of halogens is 1. The van der Waals surface area contributed by atoms with Crippen LogP contribution in [0.3, 0.4) is 0 Å². The Morgan fingerprint density at radius 3 is 2.50 bits per heavy atom. The van der Waals surface area contributed by atoms with Crippen molar-refractivity contribution >= 4 is 11.6 Å². The Hall–Kier alpha value is -0.630. The van der Waals surface area contributed by atoms with Gasteiger partial charge in [-0.3, -0.25) is 0 Å². The average Bonchev–Trinajstić information content (AvgIpc) is 2.45. The minimum Gasteiger partial charge on any atom is -0.241 e. The zero-order valence-corrected chi connectivity index (χ0v) is 9.00. The first kappa shape index (κ1) is 9.91. The predicted octanol–water partition coefficient (Wildman–Crippen LogP) is 3.57. The van der Waals surface area contributed by atoms with E-state index in [-0.39, 0.29) is 0 Å². The fraction of sp³-hybridized carbons (Fsp3) is 0.636. The summed E-state index contributed by atoms with van der Waals surface area (Å²) in [4.78, 5) is 8.60. The first-order chi connectivity index (χ1) is 6.86. The summed E-state index contributed by atoms with van der Waals surface area (Å²) in [5, 5.41) is 0.569. The maximum absolute atomic E-state index is 5.85. The standard InChI is InChI=1S/C11H15ClN2/c12-10-7-8-13-11(14-10)9-5-3-1-2-4-6-9/h7-9H,1-6H2.